The van der Waals surface area contributed by atoms with Crippen LogP contribution in [0.4, 0.5) is 5.82 Å². The molecule has 0 saturated carbocycles. The zero-order valence-corrected chi connectivity index (χ0v) is 10.1. The Kier molecular flexibility index (Phi) is 2.99. The van der Waals surface area contributed by atoms with Crippen molar-refractivity contribution in [2.75, 3.05) is 18.5 Å². The molecule has 0 aliphatic carbocycles. The van der Waals surface area contributed by atoms with Gasteiger partial charge in [0.05, 0.1) is 5.84 Å². The van der Waals surface area contributed by atoms with E-state index in [-0.39, 0.29) is 11.8 Å². The van der Waals surface area contributed by atoms with Crippen LogP contribution >= 0.6 is 0 Å². The number of amidine groups is 1. The van der Waals surface area contributed by atoms with E-state index < -0.39 is 0 Å². The summed E-state index contributed by atoms with van der Waals surface area (Å²) >= 11 is 0. The summed E-state index contributed by atoms with van der Waals surface area (Å²) in [5, 5.41) is 7.42. The van der Waals surface area contributed by atoms with Gasteiger partial charge in [-0.1, -0.05) is 13.0 Å². The summed E-state index contributed by atoms with van der Waals surface area (Å²) in [6.45, 7) is 2.67. The molecule has 3 N–H and O–H groups in total. The lowest BCUT2D eigenvalue weighted by molar-refractivity contribution is 0.719. The number of aromatic nitrogens is 2. The first-order chi connectivity index (χ1) is 8.09. The van der Waals surface area contributed by atoms with Crippen LogP contribution in [-0.2, 0) is 0 Å². The Morgan fingerprint density at radius 2 is 2.35 bits per heavy atom. The van der Waals surface area contributed by atoms with Gasteiger partial charge in [-0.3, -0.25) is 9.81 Å². The zero-order chi connectivity index (χ0) is 12.4. The number of nitrogens with two attached hydrogens (primary N) is 1. The molecule has 5 nitrogen and oxygen atoms in total. The van der Waals surface area contributed by atoms with E-state index in [1.54, 1.807) is 6.20 Å². The average molecular weight is 231 g/mol. The van der Waals surface area contributed by atoms with Crippen molar-refractivity contribution in [1.82, 2.24) is 9.38 Å². The highest BCUT2D eigenvalue weighted by atomic mass is 15.2. The molecular weight excluding hydrogens is 214 g/mol. The molecule has 17 heavy (non-hydrogen) atoms. The van der Waals surface area contributed by atoms with Crippen molar-refractivity contribution < 1.29 is 0 Å². The van der Waals surface area contributed by atoms with Crippen LogP contribution in [0.2, 0.25) is 0 Å². The lowest BCUT2D eigenvalue weighted by atomic mass is 10.1. The van der Waals surface area contributed by atoms with Crippen LogP contribution in [0.5, 0.6) is 0 Å². The van der Waals surface area contributed by atoms with Gasteiger partial charge in [-0.25, -0.2) is 4.98 Å². The molecule has 2 rings (SSSR count). The quantitative estimate of drug-likeness (QED) is 0.616. The van der Waals surface area contributed by atoms with E-state index in [1.165, 1.54) is 0 Å². The van der Waals surface area contributed by atoms with Crippen molar-refractivity contribution in [3.8, 4) is 0 Å². The Balaban J connectivity index is 2.27. The summed E-state index contributed by atoms with van der Waals surface area (Å²) in [5.74, 6) is 1.31. The van der Waals surface area contributed by atoms with Gasteiger partial charge in [0.25, 0.3) is 0 Å². The Hall–Kier alpha value is -2.04. The molecule has 0 spiro atoms. The van der Waals surface area contributed by atoms with E-state index in [2.05, 4.69) is 9.88 Å². The monoisotopic (exact) mass is 231 g/mol. The molecule has 1 unspecified atom stereocenters. The molecule has 0 amide bonds. The third-order valence-electron chi connectivity index (χ3n) is 2.88. The highest BCUT2D eigenvalue weighted by Gasteiger charge is 2.11. The summed E-state index contributed by atoms with van der Waals surface area (Å²) < 4.78 is 2.02. The Morgan fingerprint density at radius 3 is 3.06 bits per heavy atom. The first-order valence-corrected chi connectivity index (χ1v) is 5.56. The standard InChI is InChI=1S/C12H17N5/c1-9(12(13)14)8-16(2)11-5-3-4-10-15-6-7-17(10)11/h3-7,9H,8H2,1-2H3,(H3,13,14). The minimum Gasteiger partial charge on any atom is -0.387 e. The lowest BCUT2D eigenvalue weighted by Gasteiger charge is -2.23. The number of hydrogen-bond donors (Lipinski definition) is 2. The second-order valence-electron chi connectivity index (χ2n) is 4.28. The number of nitrogens with zero attached hydrogens (tertiary/aromatic N) is 3. The molecule has 2 aromatic heterocycles. The number of hydrogen-bond acceptors (Lipinski definition) is 3. The van der Waals surface area contributed by atoms with E-state index in [9.17, 15) is 0 Å². The number of pyridine rings is 1. The molecule has 1 atom stereocenters. The Bertz CT molecular complexity index is 530. The van der Waals surface area contributed by atoms with Gasteiger partial charge in [0.1, 0.15) is 11.5 Å². The normalized spacial score (nSPS) is 12.6. The Morgan fingerprint density at radius 1 is 1.59 bits per heavy atom. The number of nitrogens with one attached hydrogen (secondary N) is 1. The molecule has 2 heterocycles. The molecule has 0 fully saturated rings. The Labute approximate surface area is 100 Å². The summed E-state index contributed by atoms with van der Waals surface area (Å²) in [7, 11) is 1.99. The fourth-order valence-corrected chi connectivity index (χ4v) is 1.85. The smallest absolute Gasteiger partial charge is 0.138 e. The van der Waals surface area contributed by atoms with Crippen LogP contribution in [0.3, 0.4) is 0 Å². The predicted octanol–water partition coefficient (Wildman–Crippen LogP) is 1.34. The zero-order valence-electron chi connectivity index (χ0n) is 10.1. The van der Waals surface area contributed by atoms with E-state index in [0.717, 1.165) is 11.5 Å². The fraction of sp³-hybridized carbons (Fsp3) is 0.333. The summed E-state index contributed by atoms with van der Waals surface area (Å²) in [6, 6.07) is 5.97. The van der Waals surface area contributed by atoms with Crippen molar-refractivity contribution in [3.05, 3.63) is 30.6 Å². The van der Waals surface area contributed by atoms with Crippen LogP contribution in [0.1, 0.15) is 6.92 Å². The van der Waals surface area contributed by atoms with Crippen molar-refractivity contribution in [2.24, 2.45) is 11.7 Å². The van der Waals surface area contributed by atoms with Gasteiger partial charge in [0, 0.05) is 31.9 Å². The molecule has 0 radical (unpaired) electrons. The van der Waals surface area contributed by atoms with Crippen molar-refractivity contribution in [2.45, 2.75) is 6.92 Å². The molecule has 90 valence electrons. The number of fused-ring (bicyclic) bond motifs is 1. The van der Waals surface area contributed by atoms with Crippen molar-refractivity contribution >= 4 is 17.3 Å². The maximum absolute atomic E-state index is 7.42. The number of imidazole rings is 1. The van der Waals surface area contributed by atoms with E-state index >= 15 is 0 Å². The molecule has 5 heteroatoms. The molecular formula is C12H17N5. The van der Waals surface area contributed by atoms with E-state index in [0.29, 0.717) is 6.54 Å². The summed E-state index contributed by atoms with van der Waals surface area (Å²) in [6.07, 6.45) is 3.71. The van der Waals surface area contributed by atoms with Crippen LogP contribution in [0.25, 0.3) is 5.65 Å². The number of rotatable bonds is 4. The van der Waals surface area contributed by atoms with E-state index in [1.807, 2.05) is 42.8 Å². The number of anilines is 1. The van der Waals surface area contributed by atoms with Gasteiger partial charge in [0.15, 0.2) is 0 Å². The fourth-order valence-electron chi connectivity index (χ4n) is 1.85. The molecule has 0 aliphatic rings. The van der Waals surface area contributed by atoms with Crippen LogP contribution < -0.4 is 10.6 Å². The van der Waals surface area contributed by atoms with Crippen LogP contribution in [0, 0.1) is 11.3 Å². The highest BCUT2D eigenvalue weighted by Crippen LogP contribution is 2.16. The van der Waals surface area contributed by atoms with E-state index in [4.69, 9.17) is 11.1 Å². The first kappa shape index (κ1) is 11.4. The van der Waals surface area contributed by atoms with Gasteiger partial charge in [0.2, 0.25) is 0 Å². The first-order valence-electron chi connectivity index (χ1n) is 5.56. The third kappa shape index (κ3) is 2.22. The topological polar surface area (TPSA) is 70.4 Å². The second kappa shape index (κ2) is 4.45. The van der Waals surface area contributed by atoms with Gasteiger partial charge >= 0.3 is 0 Å². The maximum Gasteiger partial charge on any atom is 0.138 e. The van der Waals surface area contributed by atoms with Gasteiger partial charge in [-0.2, -0.15) is 0 Å². The lowest BCUT2D eigenvalue weighted by Crippen LogP contribution is -2.32. The molecule has 2 aromatic rings. The van der Waals surface area contributed by atoms with Crippen molar-refractivity contribution in [1.29, 1.82) is 5.41 Å². The van der Waals surface area contributed by atoms with Crippen molar-refractivity contribution in [3.63, 3.8) is 0 Å². The SMILES string of the molecule is CC(CN(C)c1cccc2nccn12)C(=N)N. The molecule has 0 bridgehead atoms. The third-order valence-corrected chi connectivity index (χ3v) is 2.88. The maximum atomic E-state index is 7.42. The minimum absolute atomic E-state index is 0.0405. The average Bonchev–Trinajstić information content (AvgIpc) is 2.76. The predicted molar refractivity (Wildman–Crippen MR) is 69.5 cm³/mol. The highest BCUT2D eigenvalue weighted by molar-refractivity contribution is 5.79. The second-order valence-corrected chi connectivity index (χ2v) is 4.28. The molecule has 0 aromatic carbocycles. The summed E-state index contributed by atoms with van der Waals surface area (Å²) in [5.41, 5.74) is 6.41. The summed E-state index contributed by atoms with van der Waals surface area (Å²) in [4.78, 5) is 6.33. The van der Waals surface area contributed by atoms with Gasteiger partial charge < -0.3 is 10.6 Å². The van der Waals surface area contributed by atoms with Gasteiger partial charge in [-0.05, 0) is 12.1 Å². The molecule has 0 aliphatic heterocycles. The van der Waals surface area contributed by atoms with Gasteiger partial charge in [-0.15, -0.1) is 0 Å². The van der Waals surface area contributed by atoms with Crippen LogP contribution in [-0.4, -0.2) is 28.8 Å². The van der Waals surface area contributed by atoms with Crippen LogP contribution in [0.15, 0.2) is 30.6 Å². The largest absolute Gasteiger partial charge is 0.387 e. The molecule has 0 saturated heterocycles. The minimum atomic E-state index is 0.0405.